The molecule has 0 spiro atoms. The molecule has 3 rings (SSSR count). The van der Waals surface area contributed by atoms with Crippen molar-refractivity contribution in [2.45, 2.75) is 13.5 Å². The van der Waals surface area contributed by atoms with Gasteiger partial charge in [-0.2, -0.15) is 4.98 Å². The standard InChI is InChI=1S/C14H13ClN4O/c1-9-17-14(18-20-9)8-19(2)13-5-6-16-12-4-3-10(15)7-11(12)13/h3-7H,8H2,1-2H3. The maximum absolute atomic E-state index is 6.07. The van der Waals surface area contributed by atoms with Gasteiger partial charge in [-0.3, -0.25) is 4.98 Å². The van der Waals surface area contributed by atoms with Crippen LogP contribution in [0.1, 0.15) is 11.7 Å². The van der Waals surface area contributed by atoms with Crippen LogP contribution in [0.4, 0.5) is 5.69 Å². The van der Waals surface area contributed by atoms with Gasteiger partial charge in [0.15, 0.2) is 5.82 Å². The summed E-state index contributed by atoms with van der Waals surface area (Å²) in [6, 6.07) is 7.61. The van der Waals surface area contributed by atoms with Gasteiger partial charge in [-0.25, -0.2) is 0 Å². The Kier molecular flexibility index (Phi) is 3.28. The minimum Gasteiger partial charge on any atom is -0.366 e. The van der Waals surface area contributed by atoms with Gasteiger partial charge in [-0.15, -0.1) is 0 Å². The van der Waals surface area contributed by atoms with E-state index in [1.807, 2.05) is 36.2 Å². The number of nitrogens with zero attached hydrogens (tertiary/aromatic N) is 4. The molecule has 0 fully saturated rings. The zero-order chi connectivity index (χ0) is 14.1. The molecule has 6 heteroatoms. The van der Waals surface area contributed by atoms with Gasteiger partial charge in [0.05, 0.1) is 12.1 Å². The zero-order valence-electron chi connectivity index (χ0n) is 11.2. The summed E-state index contributed by atoms with van der Waals surface area (Å²) in [7, 11) is 1.97. The van der Waals surface area contributed by atoms with Crippen molar-refractivity contribution in [1.82, 2.24) is 15.1 Å². The summed E-state index contributed by atoms with van der Waals surface area (Å²) in [6.45, 7) is 2.33. The summed E-state index contributed by atoms with van der Waals surface area (Å²) >= 11 is 6.07. The topological polar surface area (TPSA) is 55.1 Å². The molecule has 0 N–H and O–H groups in total. The fourth-order valence-corrected chi connectivity index (χ4v) is 2.31. The average molecular weight is 289 g/mol. The highest BCUT2D eigenvalue weighted by molar-refractivity contribution is 6.31. The first-order valence-electron chi connectivity index (χ1n) is 6.18. The summed E-state index contributed by atoms with van der Waals surface area (Å²) in [5.74, 6) is 1.22. The number of hydrogen-bond donors (Lipinski definition) is 0. The highest BCUT2D eigenvalue weighted by Crippen LogP contribution is 2.27. The molecule has 0 saturated carbocycles. The van der Waals surface area contributed by atoms with Crippen molar-refractivity contribution < 1.29 is 4.52 Å². The molecule has 0 aliphatic rings. The van der Waals surface area contributed by atoms with Crippen LogP contribution >= 0.6 is 11.6 Å². The lowest BCUT2D eigenvalue weighted by atomic mass is 10.1. The smallest absolute Gasteiger partial charge is 0.223 e. The highest BCUT2D eigenvalue weighted by atomic mass is 35.5. The molecule has 102 valence electrons. The Balaban J connectivity index is 1.98. The number of rotatable bonds is 3. The second-order valence-electron chi connectivity index (χ2n) is 4.58. The van der Waals surface area contributed by atoms with Crippen LogP contribution in [0.2, 0.25) is 5.02 Å². The summed E-state index contributed by atoms with van der Waals surface area (Å²) in [6.07, 6.45) is 1.78. The fraction of sp³-hybridized carbons (Fsp3) is 0.214. The molecule has 0 amide bonds. The zero-order valence-corrected chi connectivity index (χ0v) is 11.9. The summed E-state index contributed by atoms with van der Waals surface area (Å²) in [5, 5.41) is 5.60. The highest BCUT2D eigenvalue weighted by Gasteiger charge is 2.11. The van der Waals surface area contributed by atoms with E-state index in [9.17, 15) is 0 Å². The van der Waals surface area contributed by atoms with Crippen molar-refractivity contribution in [1.29, 1.82) is 0 Å². The minimum absolute atomic E-state index is 0.558. The van der Waals surface area contributed by atoms with E-state index in [2.05, 4.69) is 15.1 Å². The van der Waals surface area contributed by atoms with Gasteiger partial charge in [-0.1, -0.05) is 16.8 Å². The van der Waals surface area contributed by atoms with Gasteiger partial charge in [0.1, 0.15) is 0 Å². The lowest BCUT2D eigenvalue weighted by Gasteiger charge is -2.19. The van der Waals surface area contributed by atoms with Gasteiger partial charge >= 0.3 is 0 Å². The quantitative estimate of drug-likeness (QED) is 0.741. The van der Waals surface area contributed by atoms with Crippen LogP contribution in [0.25, 0.3) is 10.9 Å². The predicted molar refractivity (Wildman–Crippen MR) is 77.9 cm³/mol. The van der Waals surface area contributed by atoms with Crippen molar-refractivity contribution in [3.8, 4) is 0 Å². The maximum Gasteiger partial charge on any atom is 0.223 e. The molecule has 2 heterocycles. The molecule has 0 aliphatic carbocycles. The van der Waals surface area contributed by atoms with Crippen molar-refractivity contribution in [3.63, 3.8) is 0 Å². The van der Waals surface area contributed by atoms with E-state index in [1.54, 1.807) is 13.1 Å². The molecule has 2 aromatic heterocycles. The third-order valence-corrected chi connectivity index (χ3v) is 3.28. The second-order valence-corrected chi connectivity index (χ2v) is 5.01. The molecule has 5 nitrogen and oxygen atoms in total. The van der Waals surface area contributed by atoms with E-state index in [0.29, 0.717) is 23.3 Å². The largest absolute Gasteiger partial charge is 0.366 e. The molecular weight excluding hydrogens is 276 g/mol. The number of benzene rings is 1. The Morgan fingerprint density at radius 3 is 2.90 bits per heavy atom. The molecule has 1 aromatic carbocycles. The van der Waals surface area contributed by atoms with E-state index >= 15 is 0 Å². The molecular formula is C14H13ClN4O. The third kappa shape index (κ3) is 2.44. The number of halogens is 1. The van der Waals surface area contributed by atoms with E-state index in [-0.39, 0.29) is 0 Å². The summed E-state index contributed by atoms with van der Waals surface area (Å²) in [4.78, 5) is 10.6. The first-order valence-corrected chi connectivity index (χ1v) is 6.56. The van der Waals surface area contributed by atoms with E-state index in [0.717, 1.165) is 16.6 Å². The van der Waals surface area contributed by atoms with Gasteiger partial charge < -0.3 is 9.42 Å². The number of anilines is 1. The minimum atomic E-state index is 0.558. The monoisotopic (exact) mass is 288 g/mol. The Hall–Kier alpha value is -2.14. The summed E-state index contributed by atoms with van der Waals surface area (Å²) in [5.41, 5.74) is 1.93. The van der Waals surface area contributed by atoms with Crippen molar-refractivity contribution in [2.24, 2.45) is 0 Å². The van der Waals surface area contributed by atoms with Crippen LogP contribution in [0.3, 0.4) is 0 Å². The lowest BCUT2D eigenvalue weighted by molar-refractivity contribution is 0.387. The van der Waals surface area contributed by atoms with Gasteiger partial charge in [-0.05, 0) is 24.3 Å². The van der Waals surface area contributed by atoms with Crippen molar-refractivity contribution in [2.75, 3.05) is 11.9 Å². The predicted octanol–water partition coefficient (Wildman–Crippen LogP) is 3.22. The van der Waals surface area contributed by atoms with E-state index in [4.69, 9.17) is 16.1 Å². The average Bonchev–Trinajstić information content (AvgIpc) is 2.83. The van der Waals surface area contributed by atoms with Crippen LogP contribution in [-0.4, -0.2) is 22.2 Å². The number of aromatic nitrogens is 3. The Morgan fingerprint density at radius 1 is 1.30 bits per heavy atom. The van der Waals surface area contributed by atoms with E-state index < -0.39 is 0 Å². The molecule has 0 bridgehead atoms. The first-order chi connectivity index (χ1) is 9.63. The van der Waals surface area contributed by atoms with E-state index in [1.165, 1.54) is 0 Å². The molecule has 0 unspecified atom stereocenters. The van der Waals surface area contributed by atoms with Crippen LogP contribution in [0, 0.1) is 6.92 Å². The van der Waals surface area contributed by atoms with Crippen LogP contribution in [0.15, 0.2) is 35.0 Å². The van der Waals surface area contributed by atoms with Crippen molar-refractivity contribution in [3.05, 3.63) is 47.2 Å². The molecule has 20 heavy (non-hydrogen) atoms. The summed E-state index contributed by atoms with van der Waals surface area (Å²) < 4.78 is 4.99. The molecule has 0 aliphatic heterocycles. The first kappa shape index (κ1) is 12.9. The third-order valence-electron chi connectivity index (χ3n) is 3.04. The normalized spacial score (nSPS) is 10.9. The number of fused-ring (bicyclic) bond motifs is 1. The number of hydrogen-bond acceptors (Lipinski definition) is 5. The SMILES string of the molecule is Cc1nc(CN(C)c2ccnc3ccc(Cl)cc23)no1. The van der Waals surface area contributed by atoms with Crippen LogP contribution in [0.5, 0.6) is 0 Å². The number of pyridine rings is 1. The fourth-order valence-electron chi connectivity index (χ4n) is 2.14. The van der Waals surface area contributed by atoms with Crippen molar-refractivity contribution >= 4 is 28.2 Å². The Labute approximate surface area is 121 Å². The Bertz CT molecular complexity index is 756. The molecule has 3 aromatic rings. The molecule has 0 radical (unpaired) electrons. The number of aryl methyl sites for hydroxylation is 1. The maximum atomic E-state index is 6.07. The second kappa shape index (κ2) is 5.09. The van der Waals surface area contributed by atoms with Gasteiger partial charge in [0, 0.05) is 36.3 Å². The van der Waals surface area contributed by atoms with Crippen LogP contribution < -0.4 is 4.90 Å². The van der Waals surface area contributed by atoms with Gasteiger partial charge in [0.25, 0.3) is 0 Å². The molecule has 0 saturated heterocycles. The Morgan fingerprint density at radius 2 is 2.15 bits per heavy atom. The molecule has 0 atom stereocenters. The lowest BCUT2D eigenvalue weighted by Crippen LogP contribution is -2.17. The van der Waals surface area contributed by atoms with Gasteiger partial charge in [0.2, 0.25) is 5.89 Å². The van der Waals surface area contributed by atoms with Crippen LogP contribution in [-0.2, 0) is 6.54 Å².